The molecule has 1 aromatic carbocycles. The highest BCUT2D eigenvalue weighted by atomic mass is 19.4. The second kappa shape index (κ2) is 4.64. The van der Waals surface area contributed by atoms with E-state index >= 15 is 0 Å². The molecular weight excluding hydrogens is 236 g/mol. The molecular formula is C12H12F4O. The zero-order valence-corrected chi connectivity index (χ0v) is 9.01. The highest BCUT2D eigenvalue weighted by Crippen LogP contribution is 2.38. The Hall–Kier alpha value is -1.10. The summed E-state index contributed by atoms with van der Waals surface area (Å²) in [6.45, 7) is 0.165. The molecule has 0 aliphatic carbocycles. The van der Waals surface area contributed by atoms with E-state index in [0.29, 0.717) is 0 Å². The standard InChI is InChI=1S/C12H12F4O/c13-8-5-6-17-11(7-8)9-3-1-2-4-10(9)12(14,15)16/h1-4,8,11H,5-7H2/t8-,11+/m0/s1. The molecule has 0 spiro atoms. The minimum Gasteiger partial charge on any atom is -0.373 e. The van der Waals surface area contributed by atoms with Crippen LogP contribution in [0.5, 0.6) is 0 Å². The van der Waals surface area contributed by atoms with Crippen molar-refractivity contribution in [3.8, 4) is 0 Å². The van der Waals surface area contributed by atoms with Crippen molar-refractivity contribution in [1.82, 2.24) is 0 Å². The van der Waals surface area contributed by atoms with Crippen LogP contribution in [0.3, 0.4) is 0 Å². The average molecular weight is 248 g/mol. The summed E-state index contributed by atoms with van der Waals surface area (Å²) in [7, 11) is 0. The summed E-state index contributed by atoms with van der Waals surface area (Å²) in [5.74, 6) is 0. The van der Waals surface area contributed by atoms with Crippen LogP contribution in [-0.2, 0) is 10.9 Å². The van der Waals surface area contributed by atoms with E-state index in [9.17, 15) is 17.6 Å². The molecule has 94 valence electrons. The van der Waals surface area contributed by atoms with E-state index in [1.54, 1.807) is 0 Å². The third-order valence-corrected chi connectivity index (χ3v) is 2.83. The Bertz CT molecular complexity index is 388. The normalized spacial score (nSPS) is 25.9. The molecule has 0 amide bonds. The lowest BCUT2D eigenvalue weighted by atomic mass is 9.95. The van der Waals surface area contributed by atoms with Crippen molar-refractivity contribution >= 4 is 0 Å². The van der Waals surface area contributed by atoms with Crippen molar-refractivity contribution < 1.29 is 22.3 Å². The van der Waals surface area contributed by atoms with Crippen LogP contribution < -0.4 is 0 Å². The predicted molar refractivity (Wildman–Crippen MR) is 54.3 cm³/mol. The number of alkyl halides is 4. The van der Waals surface area contributed by atoms with Crippen LogP contribution >= 0.6 is 0 Å². The van der Waals surface area contributed by atoms with Gasteiger partial charge in [-0.2, -0.15) is 13.2 Å². The van der Waals surface area contributed by atoms with Crippen molar-refractivity contribution in [1.29, 1.82) is 0 Å². The second-order valence-corrected chi connectivity index (χ2v) is 4.07. The first-order chi connectivity index (χ1) is 7.98. The van der Waals surface area contributed by atoms with E-state index in [-0.39, 0.29) is 25.0 Å². The zero-order chi connectivity index (χ0) is 12.5. The third-order valence-electron chi connectivity index (χ3n) is 2.83. The molecule has 0 aromatic heterocycles. The van der Waals surface area contributed by atoms with Gasteiger partial charge in [0.25, 0.3) is 0 Å². The third kappa shape index (κ3) is 2.77. The van der Waals surface area contributed by atoms with Crippen LogP contribution in [0.2, 0.25) is 0 Å². The molecule has 1 heterocycles. The van der Waals surface area contributed by atoms with Gasteiger partial charge in [-0.3, -0.25) is 0 Å². The molecule has 5 heteroatoms. The molecule has 0 bridgehead atoms. The monoisotopic (exact) mass is 248 g/mol. The smallest absolute Gasteiger partial charge is 0.373 e. The van der Waals surface area contributed by atoms with Gasteiger partial charge in [0.2, 0.25) is 0 Å². The first-order valence-corrected chi connectivity index (χ1v) is 5.40. The largest absolute Gasteiger partial charge is 0.416 e. The Kier molecular flexibility index (Phi) is 3.38. The molecule has 1 saturated heterocycles. The molecule has 0 saturated carbocycles. The summed E-state index contributed by atoms with van der Waals surface area (Å²) in [5.41, 5.74) is -0.707. The maximum Gasteiger partial charge on any atom is 0.416 e. The highest BCUT2D eigenvalue weighted by Gasteiger charge is 2.36. The van der Waals surface area contributed by atoms with Crippen molar-refractivity contribution in [3.05, 3.63) is 35.4 Å². The summed E-state index contributed by atoms with van der Waals surface area (Å²) in [4.78, 5) is 0. The first kappa shape index (κ1) is 12.4. The number of hydrogen-bond acceptors (Lipinski definition) is 1. The van der Waals surface area contributed by atoms with Gasteiger partial charge in [-0.1, -0.05) is 18.2 Å². The second-order valence-electron chi connectivity index (χ2n) is 4.07. The Morgan fingerprint density at radius 1 is 1.18 bits per heavy atom. The first-order valence-electron chi connectivity index (χ1n) is 5.40. The minimum atomic E-state index is -4.43. The molecule has 1 aliphatic rings. The number of hydrogen-bond donors (Lipinski definition) is 0. The Labute approximate surface area is 96.4 Å². The molecule has 1 aromatic rings. The van der Waals surface area contributed by atoms with E-state index in [1.165, 1.54) is 18.2 Å². The van der Waals surface area contributed by atoms with Gasteiger partial charge in [-0.25, -0.2) is 4.39 Å². The van der Waals surface area contributed by atoms with E-state index in [2.05, 4.69) is 0 Å². The summed E-state index contributed by atoms with van der Waals surface area (Å²) >= 11 is 0. The number of ether oxygens (including phenoxy) is 1. The van der Waals surface area contributed by atoms with Crippen LogP contribution in [0.4, 0.5) is 17.6 Å². The molecule has 2 rings (SSSR count). The van der Waals surface area contributed by atoms with Crippen LogP contribution in [-0.4, -0.2) is 12.8 Å². The van der Waals surface area contributed by atoms with Crippen LogP contribution in [0.15, 0.2) is 24.3 Å². The topological polar surface area (TPSA) is 9.23 Å². The van der Waals surface area contributed by atoms with Crippen molar-refractivity contribution in [2.45, 2.75) is 31.3 Å². The van der Waals surface area contributed by atoms with Gasteiger partial charge in [0.05, 0.1) is 18.3 Å². The van der Waals surface area contributed by atoms with E-state index < -0.39 is 24.0 Å². The van der Waals surface area contributed by atoms with E-state index in [4.69, 9.17) is 4.74 Å². The number of rotatable bonds is 1. The van der Waals surface area contributed by atoms with Gasteiger partial charge in [-0.15, -0.1) is 0 Å². The van der Waals surface area contributed by atoms with Crippen LogP contribution in [0, 0.1) is 0 Å². The van der Waals surface area contributed by atoms with Crippen LogP contribution in [0.1, 0.15) is 30.1 Å². The molecule has 0 radical (unpaired) electrons. The van der Waals surface area contributed by atoms with Gasteiger partial charge < -0.3 is 4.74 Å². The van der Waals surface area contributed by atoms with Crippen molar-refractivity contribution in [3.63, 3.8) is 0 Å². The van der Waals surface area contributed by atoms with E-state index in [0.717, 1.165) is 6.07 Å². The summed E-state index contributed by atoms with van der Waals surface area (Å²) in [6.07, 6.45) is -6.06. The zero-order valence-electron chi connectivity index (χ0n) is 9.01. The van der Waals surface area contributed by atoms with Crippen molar-refractivity contribution in [2.24, 2.45) is 0 Å². The van der Waals surface area contributed by atoms with Crippen LogP contribution in [0.25, 0.3) is 0 Å². The van der Waals surface area contributed by atoms with Crippen molar-refractivity contribution in [2.75, 3.05) is 6.61 Å². The quantitative estimate of drug-likeness (QED) is 0.685. The van der Waals surface area contributed by atoms with Gasteiger partial charge in [0, 0.05) is 12.8 Å². The molecule has 0 N–H and O–H groups in total. The maximum absolute atomic E-state index is 13.2. The van der Waals surface area contributed by atoms with Gasteiger partial charge in [-0.05, 0) is 11.6 Å². The Morgan fingerprint density at radius 3 is 2.53 bits per heavy atom. The van der Waals surface area contributed by atoms with E-state index in [1.807, 2.05) is 0 Å². The summed E-state index contributed by atoms with van der Waals surface area (Å²) in [5, 5.41) is 0. The molecule has 0 unspecified atom stereocenters. The Morgan fingerprint density at radius 2 is 1.88 bits per heavy atom. The average Bonchev–Trinajstić information content (AvgIpc) is 2.28. The fourth-order valence-electron chi connectivity index (χ4n) is 2.01. The number of benzene rings is 1. The minimum absolute atomic E-state index is 0.00685. The highest BCUT2D eigenvalue weighted by molar-refractivity contribution is 5.31. The lowest BCUT2D eigenvalue weighted by Crippen LogP contribution is -2.23. The molecule has 2 atom stereocenters. The lowest BCUT2D eigenvalue weighted by Gasteiger charge is -2.27. The maximum atomic E-state index is 13.2. The fourth-order valence-corrected chi connectivity index (χ4v) is 2.01. The predicted octanol–water partition coefficient (Wildman–Crippen LogP) is 3.90. The summed E-state index contributed by atoms with van der Waals surface area (Å²) < 4.78 is 56.7. The molecule has 17 heavy (non-hydrogen) atoms. The Balaban J connectivity index is 2.31. The summed E-state index contributed by atoms with van der Waals surface area (Å²) in [6, 6.07) is 5.18. The molecule has 1 nitrogen and oxygen atoms in total. The lowest BCUT2D eigenvalue weighted by molar-refractivity contribution is -0.140. The molecule has 1 aliphatic heterocycles. The molecule has 1 fully saturated rings. The number of halogens is 4. The fraction of sp³-hybridized carbons (Fsp3) is 0.500. The van der Waals surface area contributed by atoms with Gasteiger partial charge >= 0.3 is 6.18 Å². The SMILES string of the molecule is F[C@H]1CCO[C@@H](c2ccccc2C(F)(F)F)C1. The van der Waals surface area contributed by atoms with Gasteiger partial charge in [0.1, 0.15) is 6.17 Å². The van der Waals surface area contributed by atoms with Gasteiger partial charge in [0.15, 0.2) is 0 Å².